The molecule has 0 saturated carbocycles. The van der Waals surface area contributed by atoms with Crippen LogP contribution in [-0.4, -0.2) is 59.1 Å². The molecule has 16 heavy (non-hydrogen) atoms. The van der Waals surface area contributed by atoms with Crippen LogP contribution in [0.2, 0.25) is 0 Å². The van der Waals surface area contributed by atoms with Crippen LogP contribution >= 0.6 is 0 Å². The Bertz CT molecular complexity index is 515. The molecule has 2 heteroatoms. The molecule has 2 aromatic carbocycles. The predicted octanol–water partition coefficient (Wildman–Crippen LogP) is 3.04. The monoisotopic (exact) mass is 226 g/mol. The van der Waals surface area contributed by atoms with Crippen molar-refractivity contribution in [1.82, 2.24) is 0 Å². The van der Waals surface area contributed by atoms with Crippen LogP contribution in [0.4, 0.5) is 0 Å². The summed E-state index contributed by atoms with van der Waals surface area (Å²) in [5.41, 5.74) is 2.89. The van der Waals surface area contributed by atoms with Gasteiger partial charge in [0.15, 0.2) is 0 Å². The summed E-state index contributed by atoms with van der Waals surface area (Å²) < 4.78 is 0. The van der Waals surface area contributed by atoms with Crippen molar-refractivity contribution in [2.45, 2.75) is 12.8 Å². The van der Waals surface area contributed by atoms with E-state index in [1.807, 2.05) is 0 Å². The second kappa shape index (κ2) is 6.39. The SMILES string of the molecule is C1=Cc2cc3ccccc3cc2CC1.[Na].[Na]. The molecule has 0 amide bonds. The summed E-state index contributed by atoms with van der Waals surface area (Å²) in [6.45, 7) is 0. The Kier molecular flexibility index (Phi) is 5.79. The van der Waals surface area contributed by atoms with Crippen molar-refractivity contribution in [2.75, 3.05) is 0 Å². The van der Waals surface area contributed by atoms with Crippen molar-refractivity contribution < 1.29 is 0 Å². The minimum absolute atomic E-state index is 0. The van der Waals surface area contributed by atoms with Crippen LogP contribution in [0.5, 0.6) is 0 Å². The normalized spacial score (nSPS) is 12.5. The van der Waals surface area contributed by atoms with E-state index >= 15 is 0 Å². The maximum Gasteiger partial charge on any atom is 0 e. The third-order valence-corrected chi connectivity index (χ3v) is 2.89. The van der Waals surface area contributed by atoms with Crippen LogP contribution in [0.3, 0.4) is 0 Å². The zero-order valence-corrected chi connectivity index (χ0v) is 14.0. The molecular weight excluding hydrogens is 214 g/mol. The van der Waals surface area contributed by atoms with Gasteiger partial charge in [0, 0.05) is 59.1 Å². The third kappa shape index (κ3) is 2.81. The van der Waals surface area contributed by atoms with Gasteiger partial charge in [-0.3, -0.25) is 0 Å². The molecule has 0 heterocycles. The van der Waals surface area contributed by atoms with E-state index < -0.39 is 0 Å². The van der Waals surface area contributed by atoms with Crippen molar-refractivity contribution in [3.63, 3.8) is 0 Å². The van der Waals surface area contributed by atoms with Gasteiger partial charge in [0.1, 0.15) is 0 Å². The van der Waals surface area contributed by atoms with E-state index in [9.17, 15) is 0 Å². The second-order valence-corrected chi connectivity index (χ2v) is 3.84. The molecule has 0 atom stereocenters. The van der Waals surface area contributed by atoms with E-state index in [0.29, 0.717) is 0 Å². The average Bonchev–Trinajstić information content (AvgIpc) is 2.26. The van der Waals surface area contributed by atoms with E-state index in [1.165, 1.54) is 34.7 Å². The van der Waals surface area contributed by atoms with Crippen LogP contribution in [0.15, 0.2) is 42.5 Å². The summed E-state index contributed by atoms with van der Waals surface area (Å²) in [6, 6.07) is 13.2. The van der Waals surface area contributed by atoms with Crippen LogP contribution < -0.4 is 0 Å². The fourth-order valence-electron chi connectivity index (χ4n) is 2.13. The molecule has 2 aromatic rings. The molecule has 0 N–H and O–H groups in total. The first-order valence-electron chi connectivity index (χ1n) is 5.12. The zero-order valence-electron chi connectivity index (χ0n) is 10.0. The Morgan fingerprint density at radius 1 is 0.875 bits per heavy atom. The van der Waals surface area contributed by atoms with Crippen molar-refractivity contribution in [3.8, 4) is 0 Å². The maximum atomic E-state index is 2.33. The number of rotatable bonds is 0. The average molecular weight is 226 g/mol. The molecule has 2 radical (unpaired) electrons. The Balaban J connectivity index is 0.000000640. The first kappa shape index (κ1) is 14.5. The van der Waals surface area contributed by atoms with Gasteiger partial charge >= 0.3 is 0 Å². The van der Waals surface area contributed by atoms with Gasteiger partial charge in [0.05, 0.1) is 0 Å². The molecule has 1 aliphatic rings. The summed E-state index contributed by atoms with van der Waals surface area (Å²) in [7, 11) is 0. The summed E-state index contributed by atoms with van der Waals surface area (Å²) >= 11 is 0. The van der Waals surface area contributed by atoms with Crippen LogP contribution in [0.25, 0.3) is 16.8 Å². The Labute approximate surface area is 141 Å². The quantitative estimate of drug-likeness (QED) is 0.606. The second-order valence-electron chi connectivity index (χ2n) is 3.84. The molecule has 0 spiro atoms. The molecule has 0 fully saturated rings. The van der Waals surface area contributed by atoms with E-state index in [2.05, 4.69) is 48.6 Å². The van der Waals surface area contributed by atoms with Crippen molar-refractivity contribution in [1.29, 1.82) is 0 Å². The summed E-state index contributed by atoms with van der Waals surface area (Å²) in [5.74, 6) is 0. The van der Waals surface area contributed by atoms with Crippen molar-refractivity contribution in [2.24, 2.45) is 0 Å². The number of aryl methyl sites for hydroxylation is 1. The van der Waals surface area contributed by atoms with Crippen LogP contribution in [0, 0.1) is 0 Å². The Morgan fingerprint density at radius 3 is 2.31 bits per heavy atom. The first-order valence-corrected chi connectivity index (χ1v) is 5.12. The number of fused-ring (bicyclic) bond motifs is 2. The van der Waals surface area contributed by atoms with Gasteiger partial charge in [-0.25, -0.2) is 0 Å². The molecule has 0 unspecified atom stereocenters. The minimum atomic E-state index is 0. The van der Waals surface area contributed by atoms with Gasteiger partial charge in [0.2, 0.25) is 0 Å². The van der Waals surface area contributed by atoms with E-state index in [-0.39, 0.29) is 59.1 Å². The molecule has 0 bridgehead atoms. The van der Waals surface area contributed by atoms with Crippen molar-refractivity contribution >= 4 is 76.0 Å². The standard InChI is InChI=1S/C14H12.2Na/c1-2-6-12-10-14-8-4-3-7-13(14)9-11(12)5-1;;/h1-3,5-7,9-10H,4,8H2;;. The van der Waals surface area contributed by atoms with Gasteiger partial charge in [-0.1, -0.05) is 42.5 Å². The third-order valence-electron chi connectivity index (χ3n) is 2.89. The number of hydrogen-bond acceptors (Lipinski definition) is 0. The number of benzene rings is 2. The fraction of sp³-hybridized carbons (Fsp3) is 0.143. The molecule has 70 valence electrons. The maximum absolute atomic E-state index is 2.33. The Morgan fingerprint density at radius 2 is 1.56 bits per heavy atom. The fourth-order valence-corrected chi connectivity index (χ4v) is 2.13. The summed E-state index contributed by atoms with van der Waals surface area (Å²) in [6.07, 6.45) is 6.88. The molecular formula is C14H12Na2. The molecule has 3 rings (SSSR count). The van der Waals surface area contributed by atoms with Gasteiger partial charge in [-0.05, 0) is 40.8 Å². The molecule has 1 aliphatic carbocycles. The first-order chi connectivity index (χ1) is 6.93. The van der Waals surface area contributed by atoms with Gasteiger partial charge in [0.25, 0.3) is 0 Å². The molecule has 0 aromatic heterocycles. The van der Waals surface area contributed by atoms with Gasteiger partial charge in [-0.15, -0.1) is 0 Å². The molecule has 0 nitrogen and oxygen atoms in total. The topological polar surface area (TPSA) is 0 Å². The van der Waals surface area contributed by atoms with Crippen LogP contribution in [0.1, 0.15) is 17.5 Å². The molecule has 0 aliphatic heterocycles. The minimum Gasteiger partial charge on any atom is -0.0836 e. The van der Waals surface area contributed by atoms with Gasteiger partial charge in [-0.2, -0.15) is 0 Å². The Hall–Kier alpha value is 0.440. The molecule has 0 saturated heterocycles. The largest absolute Gasteiger partial charge is 0.0836 e. The van der Waals surface area contributed by atoms with Crippen molar-refractivity contribution in [3.05, 3.63) is 53.6 Å². The smallest absolute Gasteiger partial charge is 0 e. The van der Waals surface area contributed by atoms with Gasteiger partial charge < -0.3 is 0 Å². The summed E-state index contributed by atoms with van der Waals surface area (Å²) in [4.78, 5) is 0. The zero-order chi connectivity index (χ0) is 9.38. The van der Waals surface area contributed by atoms with Crippen LogP contribution in [-0.2, 0) is 6.42 Å². The number of hydrogen-bond donors (Lipinski definition) is 0. The van der Waals surface area contributed by atoms with E-state index in [4.69, 9.17) is 0 Å². The number of allylic oxidation sites excluding steroid dienone is 1. The van der Waals surface area contributed by atoms with E-state index in [1.54, 1.807) is 0 Å². The van der Waals surface area contributed by atoms with E-state index in [0.717, 1.165) is 0 Å². The predicted molar refractivity (Wildman–Crippen MR) is 72.8 cm³/mol. The summed E-state index contributed by atoms with van der Waals surface area (Å²) in [5, 5.41) is 2.71.